The first kappa shape index (κ1) is 18.5. The molecule has 3 rings (SSSR count). The van der Waals surface area contributed by atoms with Gasteiger partial charge in [-0.1, -0.05) is 42.5 Å². The molecule has 0 bridgehead atoms. The molecule has 1 saturated carbocycles. The van der Waals surface area contributed by atoms with Crippen LogP contribution >= 0.6 is 23.2 Å². The number of likely N-dealkylation sites (tertiary alicyclic amines) is 1. The first-order valence-electron chi connectivity index (χ1n) is 9.09. The van der Waals surface area contributed by atoms with Crippen molar-refractivity contribution in [1.29, 1.82) is 0 Å². The smallest absolute Gasteiger partial charge is 0.255 e. The number of benzene rings is 1. The van der Waals surface area contributed by atoms with Gasteiger partial charge in [0.25, 0.3) is 5.91 Å². The Balaban J connectivity index is 1.52. The predicted molar refractivity (Wildman–Crippen MR) is 100 cm³/mol. The first-order chi connectivity index (χ1) is 12.0. The van der Waals surface area contributed by atoms with Crippen LogP contribution in [0.15, 0.2) is 18.2 Å². The zero-order valence-corrected chi connectivity index (χ0v) is 15.8. The lowest BCUT2D eigenvalue weighted by Gasteiger charge is -2.33. The van der Waals surface area contributed by atoms with Crippen LogP contribution in [-0.2, 0) is 4.79 Å². The van der Waals surface area contributed by atoms with E-state index in [4.69, 9.17) is 23.2 Å². The number of amides is 2. The maximum absolute atomic E-state index is 12.6. The second-order valence-corrected chi connectivity index (χ2v) is 7.88. The Labute approximate surface area is 158 Å². The zero-order valence-electron chi connectivity index (χ0n) is 14.3. The number of halogens is 2. The molecule has 25 heavy (non-hydrogen) atoms. The molecule has 1 aliphatic carbocycles. The van der Waals surface area contributed by atoms with Crippen molar-refractivity contribution in [1.82, 2.24) is 10.2 Å². The minimum absolute atomic E-state index is 0.0930. The van der Waals surface area contributed by atoms with Gasteiger partial charge in [-0.25, -0.2) is 0 Å². The summed E-state index contributed by atoms with van der Waals surface area (Å²) in [5, 5.41) is 4.11. The summed E-state index contributed by atoms with van der Waals surface area (Å²) in [4.78, 5) is 26.8. The highest BCUT2D eigenvalue weighted by Crippen LogP contribution is 2.25. The Kier molecular flexibility index (Phi) is 6.24. The van der Waals surface area contributed by atoms with Crippen molar-refractivity contribution >= 4 is 35.0 Å². The van der Waals surface area contributed by atoms with Crippen LogP contribution in [0, 0.1) is 5.92 Å². The van der Waals surface area contributed by atoms with Crippen LogP contribution in [0.4, 0.5) is 0 Å². The molecule has 1 aromatic carbocycles. The monoisotopic (exact) mass is 382 g/mol. The number of rotatable bonds is 3. The van der Waals surface area contributed by atoms with E-state index in [1.165, 1.54) is 6.42 Å². The summed E-state index contributed by atoms with van der Waals surface area (Å²) in [6, 6.07) is 5.10. The van der Waals surface area contributed by atoms with Gasteiger partial charge in [-0.3, -0.25) is 9.59 Å². The average Bonchev–Trinajstić information content (AvgIpc) is 2.64. The van der Waals surface area contributed by atoms with E-state index in [-0.39, 0.29) is 23.8 Å². The minimum atomic E-state index is -0.0930. The van der Waals surface area contributed by atoms with Crippen LogP contribution in [0.5, 0.6) is 0 Å². The highest BCUT2D eigenvalue weighted by molar-refractivity contribution is 6.35. The van der Waals surface area contributed by atoms with Gasteiger partial charge in [0.2, 0.25) is 5.91 Å². The standard InChI is InChI=1S/C19H24Cl2N2O2/c20-14-6-7-17(21)16(12-14)19(25)23-10-8-15(9-11-23)22-18(24)13-4-2-1-3-5-13/h6-7,12-13,15H,1-5,8-11H2,(H,22,24). The van der Waals surface area contributed by atoms with Gasteiger partial charge < -0.3 is 10.2 Å². The fraction of sp³-hybridized carbons (Fsp3) is 0.579. The van der Waals surface area contributed by atoms with E-state index in [9.17, 15) is 9.59 Å². The Morgan fingerprint density at radius 2 is 1.68 bits per heavy atom. The fourth-order valence-corrected chi connectivity index (χ4v) is 4.11. The Morgan fingerprint density at radius 1 is 1.00 bits per heavy atom. The van der Waals surface area contributed by atoms with Gasteiger partial charge in [-0.05, 0) is 43.9 Å². The quantitative estimate of drug-likeness (QED) is 0.846. The number of nitrogens with one attached hydrogen (secondary N) is 1. The molecule has 2 fully saturated rings. The maximum atomic E-state index is 12.6. The van der Waals surface area contributed by atoms with Crippen molar-refractivity contribution < 1.29 is 9.59 Å². The van der Waals surface area contributed by atoms with E-state index in [1.807, 2.05) is 0 Å². The molecule has 1 aromatic rings. The van der Waals surface area contributed by atoms with Gasteiger partial charge >= 0.3 is 0 Å². The third kappa shape index (κ3) is 4.68. The largest absolute Gasteiger partial charge is 0.353 e. The summed E-state index contributed by atoms with van der Waals surface area (Å²) >= 11 is 12.1. The van der Waals surface area contributed by atoms with Crippen molar-refractivity contribution in [3.8, 4) is 0 Å². The first-order valence-corrected chi connectivity index (χ1v) is 9.85. The summed E-state index contributed by atoms with van der Waals surface area (Å²) < 4.78 is 0. The number of hydrogen-bond donors (Lipinski definition) is 1. The molecule has 0 aromatic heterocycles. The van der Waals surface area contributed by atoms with Crippen molar-refractivity contribution in [2.24, 2.45) is 5.92 Å². The summed E-state index contributed by atoms with van der Waals surface area (Å²) in [5.74, 6) is 0.283. The topological polar surface area (TPSA) is 49.4 Å². The van der Waals surface area contributed by atoms with Crippen LogP contribution in [0.1, 0.15) is 55.3 Å². The second-order valence-electron chi connectivity index (χ2n) is 7.03. The molecule has 2 amide bonds. The van der Waals surface area contributed by atoms with Crippen molar-refractivity contribution in [3.05, 3.63) is 33.8 Å². The number of carbonyl (C=O) groups excluding carboxylic acids is 2. The maximum Gasteiger partial charge on any atom is 0.255 e. The fourth-order valence-electron chi connectivity index (χ4n) is 3.74. The van der Waals surface area contributed by atoms with Crippen molar-refractivity contribution in [2.75, 3.05) is 13.1 Å². The normalized spacial score (nSPS) is 19.7. The molecule has 2 aliphatic rings. The Hall–Kier alpha value is -1.26. The van der Waals surface area contributed by atoms with Gasteiger partial charge in [0.15, 0.2) is 0 Å². The van der Waals surface area contributed by atoms with Crippen LogP contribution < -0.4 is 5.32 Å². The molecule has 1 aliphatic heterocycles. The van der Waals surface area contributed by atoms with Gasteiger partial charge in [0.05, 0.1) is 10.6 Å². The van der Waals surface area contributed by atoms with Crippen LogP contribution in [0.3, 0.4) is 0 Å². The van der Waals surface area contributed by atoms with E-state index >= 15 is 0 Å². The van der Waals surface area contributed by atoms with Gasteiger partial charge in [-0.2, -0.15) is 0 Å². The number of hydrogen-bond acceptors (Lipinski definition) is 2. The molecule has 1 N–H and O–H groups in total. The van der Waals surface area contributed by atoms with Gasteiger partial charge in [-0.15, -0.1) is 0 Å². The van der Waals surface area contributed by atoms with Crippen LogP contribution in [0.2, 0.25) is 10.0 Å². The van der Waals surface area contributed by atoms with E-state index < -0.39 is 0 Å². The lowest BCUT2D eigenvalue weighted by atomic mass is 9.88. The lowest BCUT2D eigenvalue weighted by Crippen LogP contribution is -2.48. The lowest BCUT2D eigenvalue weighted by molar-refractivity contribution is -0.126. The highest BCUT2D eigenvalue weighted by Gasteiger charge is 2.28. The summed E-state index contributed by atoms with van der Waals surface area (Å²) in [6.07, 6.45) is 7.14. The van der Waals surface area contributed by atoms with Crippen molar-refractivity contribution in [2.45, 2.75) is 51.0 Å². The summed E-state index contributed by atoms with van der Waals surface area (Å²) in [7, 11) is 0. The molecule has 6 heteroatoms. The molecule has 1 saturated heterocycles. The molecular weight excluding hydrogens is 359 g/mol. The second kappa shape index (κ2) is 8.41. The zero-order chi connectivity index (χ0) is 17.8. The predicted octanol–water partition coefficient (Wildman–Crippen LogP) is 4.29. The molecule has 0 radical (unpaired) electrons. The van der Waals surface area contributed by atoms with Crippen LogP contribution in [0.25, 0.3) is 0 Å². The Morgan fingerprint density at radius 3 is 2.36 bits per heavy atom. The number of piperidine rings is 1. The van der Waals surface area contributed by atoms with Crippen LogP contribution in [-0.4, -0.2) is 35.8 Å². The molecule has 0 unspecified atom stereocenters. The third-order valence-corrected chi connectivity index (χ3v) is 5.83. The summed E-state index contributed by atoms with van der Waals surface area (Å²) in [6.45, 7) is 1.24. The molecule has 1 heterocycles. The van der Waals surface area contributed by atoms with Crippen molar-refractivity contribution in [3.63, 3.8) is 0 Å². The summed E-state index contributed by atoms with van der Waals surface area (Å²) in [5.41, 5.74) is 0.443. The molecule has 0 atom stereocenters. The van der Waals surface area contributed by atoms with Gasteiger partial charge in [0, 0.05) is 30.1 Å². The van der Waals surface area contributed by atoms with E-state index in [2.05, 4.69) is 5.32 Å². The molecule has 4 nitrogen and oxygen atoms in total. The minimum Gasteiger partial charge on any atom is -0.353 e. The number of nitrogens with zero attached hydrogens (tertiary/aromatic N) is 1. The van der Waals surface area contributed by atoms with E-state index in [0.29, 0.717) is 28.7 Å². The van der Waals surface area contributed by atoms with E-state index in [0.717, 1.165) is 38.5 Å². The average molecular weight is 383 g/mol. The van der Waals surface area contributed by atoms with E-state index in [1.54, 1.807) is 23.1 Å². The Bertz CT molecular complexity index is 636. The van der Waals surface area contributed by atoms with Gasteiger partial charge in [0.1, 0.15) is 0 Å². The molecular formula is C19H24Cl2N2O2. The number of carbonyl (C=O) groups is 2. The highest BCUT2D eigenvalue weighted by atomic mass is 35.5. The molecule has 0 spiro atoms. The molecule has 136 valence electrons. The third-order valence-electron chi connectivity index (χ3n) is 5.26. The SMILES string of the molecule is O=C(NC1CCN(C(=O)c2cc(Cl)ccc2Cl)CC1)C1CCCCC1.